The Balaban J connectivity index is 0.00000288. The number of aryl methyl sites for hydroxylation is 3. The van der Waals surface area contributed by atoms with Gasteiger partial charge in [-0.2, -0.15) is 0 Å². The van der Waals surface area contributed by atoms with Crippen molar-refractivity contribution in [3.63, 3.8) is 0 Å². The third-order valence-electron chi connectivity index (χ3n) is 4.08. The molecule has 0 radical (unpaired) electrons. The number of halogens is 1. The van der Waals surface area contributed by atoms with Gasteiger partial charge in [0.25, 0.3) is 0 Å². The maximum absolute atomic E-state index is 12.5. The first kappa shape index (κ1) is 20.9. The van der Waals surface area contributed by atoms with Crippen molar-refractivity contribution in [3.05, 3.63) is 28.8 Å². The van der Waals surface area contributed by atoms with Crippen LogP contribution in [0.1, 0.15) is 29.5 Å². The number of nitrogens with two attached hydrogens (primary N) is 1. The van der Waals surface area contributed by atoms with E-state index in [0.717, 1.165) is 12.0 Å². The molecular weight excluding hydrogens is 350 g/mol. The molecule has 1 aromatic rings. The van der Waals surface area contributed by atoms with E-state index >= 15 is 0 Å². The molecule has 0 unspecified atom stereocenters. The van der Waals surface area contributed by atoms with Gasteiger partial charge in [-0.15, -0.1) is 12.4 Å². The van der Waals surface area contributed by atoms with E-state index in [4.69, 9.17) is 5.73 Å². The Morgan fingerprint density at radius 2 is 1.88 bits per heavy atom. The summed E-state index contributed by atoms with van der Waals surface area (Å²) < 4.78 is 27.5. The molecule has 0 aromatic heterocycles. The molecule has 1 aliphatic heterocycles. The summed E-state index contributed by atoms with van der Waals surface area (Å²) in [7, 11) is -3.61. The number of benzene rings is 1. The van der Waals surface area contributed by atoms with Gasteiger partial charge < -0.3 is 10.6 Å². The zero-order chi connectivity index (χ0) is 17.2. The second-order valence-electron chi connectivity index (χ2n) is 6.26. The number of carbonyl (C=O) groups is 1. The Morgan fingerprint density at radius 1 is 1.29 bits per heavy atom. The fraction of sp³-hybridized carbons (Fsp3) is 0.562. The largest absolute Gasteiger partial charge is 0.341 e. The van der Waals surface area contributed by atoms with Crippen LogP contribution >= 0.6 is 12.4 Å². The first-order chi connectivity index (χ1) is 10.7. The minimum atomic E-state index is -3.61. The number of likely N-dealkylation sites (tertiary alicyclic amines) is 1. The average molecular weight is 376 g/mol. The summed E-state index contributed by atoms with van der Waals surface area (Å²) in [6, 6.07) is 3.73. The van der Waals surface area contributed by atoms with Gasteiger partial charge in [-0.3, -0.25) is 4.79 Å². The highest BCUT2D eigenvalue weighted by atomic mass is 35.5. The van der Waals surface area contributed by atoms with Gasteiger partial charge in [-0.1, -0.05) is 17.7 Å². The number of nitrogens with zero attached hydrogens (tertiary/aromatic N) is 1. The molecule has 3 N–H and O–H groups in total. The van der Waals surface area contributed by atoms with E-state index in [9.17, 15) is 13.2 Å². The molecule has 1 fully saturated rings. The summed E-state index contributed by atoms with van der Waals surface area (Å²) in [5.41, 5.74) is 8.23. The van der Waals surface area contributed by atoms with Crippen molar-refractivity contribution < 1.29 is 13.2 Å². The Morgan fingerprint density at radius 3 is 2.38 bits per heavy atom. The summed E-state index contributed by atoms with van der Waals surface area (Å²) in [6.07, 6.45) is 0.954. The molecular formula is C16H26ClN3O3S. The quantitative estimate of drug-likeness (QED) is 0.810. The van der Waals surface area contributed by atoms with E-state index in [1.807, 2.05) is 19.1 Å². The molecule has 0 spiro atoms. The molecule has 2 rings (SSSR count). The Kier molecular flexibility index (Phi) is 7.22. The van der Waals surface area contributed by atoms with Gasteiger partial charge in [0.2, 0.25) is 15.9 Å². The predicted molar refractivity (Wildman–Crippen MR) is 96.9 cm³/mol. The van der Waals surface area contributed by atoms with E-state index in [0.29, 0.717) is 29.1 Å². The molecule has 1 amide bonds. The minimum absolute atomic E-state index is 0. The maximum atomic E-state index is 12.5. The topological polar surface area (TPSA) is 92.5 Å². The van der Waals surface area contributed by atoms with Crippen LogP contribution in [0, 0.1) is 20.8 Å². The van der Waals surface area contributed by atoms with E-state index in [-0.39, 0.29) is 37.3 Å². The van der Waals surface area contributed by atoms with E-state index in [2.05, 4.69) is 4.72 Å². The molecule has 0 bridgehead atoms. The summed E-state index contributed by atoms with van der Waals surface area (Å²) in [6.45, 7) is 6.81. The number of sulfonamides is 1. The first-order valence-corrected chi connectivity index (χ1v) is 9.30. The van der Waals surface area contributed by atoms with Crippen LogP contribution in [0.15, 0.2) is 17.0 Å². The molecule has 0 saturated carbocycles. The van der Waals surface area contributed by atoms with Crippen molar-refractivity contribution in [2.24, 2.45) is 5.73 Å². The van der Waals surface area contributed by atoms with Crippen molar-refractivity contribution in [3.8, 4) is 0 Å². The lowest BCUT2D eigenvalue weighted by molar-refractivity contribution is -0.130. The number of nitrogens with one attached hydrogen (secondary N) is 1. The van der Waals surface area contributed by atoms with E-state index in [1.54, 1.807) is 18.7 Å². The Labute approximate surface area is 150 Å². The molecule has 0 aliphatic carbocycles. The van der Waals surface area contributed by atoms with Crippen LogP contribution in [0.4, 0.5) is 0 Å². The van der Waals surface area contributed by atoms with Crippen LogP contribution in [0.5, 0.6) is 0 Å². The van der Waals surface area contributed by atoms with Crippen LogP contribution < -0.4 is 10.5 Å². The van der Waals surface area contributed by atoms with Gasteiger partial charge >= 0.3 is 0 Å². The molecule has 1 aliphatic rings. The third kappa shape index (κ3) is 4.92. The van der Waals surface area contributed by atoms with Crippen LogP contribution in [-0.4, -0.2) is 44.9 Å². The Hall–Kier alpha value is -1.15. The van der Waals surface area contributed by atoms with Crippen LogP contribution in [-0.2, 0) is 14.8 Å². The second-order valence-corrected chi connectivity index (χ2v) is 7.97. The van der Waals surface area contributed by atoms with Crippen molar-refractivity contribution >= 4 is 28.3 Å². The molecule has 1 aromatic carbocycles. The predicted octanol–water partition coefficient (Wildman–Crippen LogP) is 1.26. The fourth-order valence-electron chi connectivity index (χ4n) is 3.13. The van der Waals surface area contributed by atoms with Gasteiger partial charge in [0.05, 0.1) is 4.90 Å². The molecule has 8 heteroatoms. The molecule has 1 heterocycles. The number of hydrogen-bond acceptors (Lipinski definition) is 4. The van der Waals surface area contributed by atoms with Crippen molar-refractivity contribution in [2.45, 2.75) is 44.6 Å². The lowest BCUT2D eigenvalue weighted by Gasteiger charge is -2.16. The summed E-state index contributed by atoms with van der Waals surface area (Å²) in [4.78, 5) is 14.0. The average Bonchev–Trinajstić information content (AvgIpc) is 2.83. The minimum Gasteiger partial charge on any atom is -0.341 e. The molecule has 6 nitrogen and oxygen atoms in total. The van der Waals surface area contributed by atoms with E-state index in [1.165, 1.54) is 0 Å². The molecule has 24 heavy (non-hydrogen) atoms. The van der Waals surface area contributed by atoms with Crippen molar-refractivity contribution in [1.82, 2.24) is 9.62 Å². The van der Waals surface area contributed by atoms with Crippen LogP contribution in [0.3, 0.4) is 0 Å². The van der Waals surface area contributed by atoms with Crippen LogP contribution in [0.25, 0.3) is 0 Å². The normalized spacial score (nSPS) is 17.7. The van der Waals surface area contributed by atoms with Crippen molar-refractivity contribution in [2.75, 3.05) is 19.6 Å². The smallest absolute Gasteiger partial charge is 0.241 e. The molecule has 136 valence electrons. The molecule has 1 atom stereocenters. The highest BCUT2D eigenvalue weighted by Crippen LogP contribution is 2.21. The highest BCUT2D eigenvalue weighted by molar-refractivity contribution is 7.89. The fourth-order valence-corrected chi connectivity index (χ4v) is 4.61. The van der Waals surface area contributed by atoms with Gasteiger partial charge in [0.1, 0.15) is 0 Å². The second kappa shape index (κ2) is 8.29. The monoisotopic (exact) mass is 375 g/mol. The van der Waals surface area contributed by atoms with E-state index < -0.39 is 10.0 Å². The maximum Gasteiger partial charge on any atom is 0.241 e. The summed E-state index contributed by atoms with van der Waals surface area (Å²) >= 11 is 0. The summed E-state index contributed by atoms with van der Waals surface area (Å²) in [5.74, 6) is -0.0574. The SMILES string of the molecule is Cc1cc(C)c(S(=O)(=O)NCCC(=O)N2CC[C@@H](N)C2)c(C)c1.Cl. The molecule has 1 saturated heterocycles. The van der Waals surface area contributed by atoms with Gasteiger partial charge in [0.15, 0.2) is 0 Å². The number of carbonyl (C=O) groups excluding carboxylic acids is 1. The Bertz CT molecular complexity index is 684. The van der Waals surface area contributed by atoms with Gasteiger partial charge in [-0.05, 0) is 38.3 Å². The lowest BCUT2D eigenvalue weighted by atomic mass is 10.1. The zero-order valence-corrected chi connectivity index (χ0v) is 16.0. The zero-order valence-electron chi connectivity index (χ0n) is 14.3. The number of hydrogen-bond donors (Lipinski definition) is 2. The van der Waals surface area contributed by atoms with Gasteiger partial charge in [0, 0.05) is 32.1 Å². The lowest BCUT2D eigenvalue weighted by Crippen LogP contribution is -2.35. The summed E-state index contributed by atoms with van der Waals surface area (Å²) in [5, 5.41) is 0. The number of amides is 1. The highest BCUT2D eigenvalue weighted by Gasteiger charge is 2.24. The van der Waals surface area contributed by atoms with Gasteiger partial charge in [-0.25, -0.2) is 13.1 Å². The standard InChI is InChI=1S/C16H25N3O3S.ClH/c1-11-8-12(2)16(13(3)9-11)23(21,22)18-6-4-15(20)19-7-5-14(17)10-19;/h8-9,14,18H,4-7,10,17H2,1-3H3;1H/t14-;/m1./s1. The van der Waals surface area contributed by atoms with Crippen LogP contribution in [0.2, 0.25) is 0 Å². The van der Waals surface area contributed by atoms with Crippen molar-refractivity contribution in [1.29, 1.82) is 0 Å². The first-order valence-electron chi connectivity index (χ1n) is 7.81. The number of rotatable bonds is 5. The third-order valence-corrected chi connectivity index (χ3v) is 5.85.